The molecule has 1 amide bonds. The van der Waals surface area contributed by atoms with Crippen LogP contribution in [-0.4, -0.2) is 44.6 Å². The third-order valence-corrected chi connectivity index (χ3v) is 11.4. The van der Waals surface area contributed by atoms with Crippen molar-refractivity contribution in [2.45, 2.75) is 71.1 Å². The second-order valence-electron chi connectivity index (χ2n) is 11.1. The summed E-state index contributed by atoms with van der Waals surface area (Å²) in [5, 5.41) is 2.59. The Morgan fingerprint density at radius 3 is 1.78 bits per heavy atom. The Balaban J connectivity index is 1.75. The van der Waals surface area contributed by atoms with Gasteiger partial charge in [0, 0.05) is 19.7 Å². The number of hydrogen-bond donors (Lipinski definition) is 0. The van der Waals surface area contributed by atoms with Crippen LogP contribution in [0.2, 0.25) is 5.04 Å². The molecule has 3 rings (SSSR count). The summed E-state index contributed by atoms with van der Waals surface area (Å²) in [6.45, 7) is 13.3. The van der Waals surface area contributed by atoms with Crippen molar-refractivity contribution >= 4 is 24.8 Å². The molecule has 0 radical (unpaired) electrons. The summed E-state index contributed by atoms with van der Waals surface area (Å²) in [4.78, 5) is 14.2. The van der Waals surface area contributed by atoms with Crippen molar-refractivity contribution in [3.63, 3.8) is 0 Å². The van der Waals surface area contributed by atoms with E-state index in [-0.39, 0.29) is 17.2 Å². The fraction of sp³-hybridized carbons (Fsp3) is 0.519. The Bertz CT molecular complexity index is 841. The number of ether oxygens (including phenoxy) is 1. The largest absolute Gasteiger partial charge is 0.444 e. The molecular formula is C27H39NO3Si. The summed E-state index contributed by atoms with van der Waals surface area (Å²) >= 11 is 0. The smallest absolute Gasteiger partial charge is 0.410 e. The summed E-state index contributed by atoms with van der Waals surface area (Å²) in [7, 11) is -0.657. The molecule has 174 valence electrons. The van der Waals surface area contributed by atoms with E-state index < -0.39 is 13.9 Å². The lowest BCUT2D eigenvalue weighted by atomic mass is 9.80. The Morgan fingerprint density at radius 2 is 1.38 bits per heavy atom. The summed E-state index contributed by atoms with van der Waals surface area (Å²) in [5.74, 6) is 0.450. The van der Waals surface area contributed by atoms with Gasteiger partial charge in [0.05, 0.1) is 0 Å². The van der Waals surface area contributed by atoms with Crippen molar-refractivity contribution in [3.05, 3.63) is 60.7 Å². The molecule has 0 spiro atoms. The second kappa shape index (κ2) is 9.40. The van der Waals surface area contributed by atoms with Crippen molar-refractivity contribution in [2.24, 2.45) is 5.92 Å². The van der Waals surface area contributed by atoms with Gasteiger partial charge in [0.15, 0.2) is 0 Å². The van der Waals surface area contributed by atoms with E-state index in [9.17, 15) is 4.79 Å². The quantitative estimate of drug-likeness (QED) is 0.564. The lowest BCUT2D eigenvalue weighted by Gasteiger charge is -2.46. The highest BCUT2D eigenvalue weighted by atomic mass is 28.4. The van der Waals surface area contributed by atoms with Crippen molar-refractivity contribution in [3.8, 4) is 0 Å². The van der Waals surface area contributed by atoms with Crippen LogP contribution in [0.15, 0.2) is 60.7 Å². The Labute approximate surface area is 195 Å². The minimum atomic E-state index is -2.50. The van der Waals surface area contributed by atoms with Gasteiger partial charge in [-0.1, -0.05) is 81.4 Å². The van der Waals surface area contributed by atoms with E-state index in [1.165, 1.54) is 10.4 Å². The van der Waals surface area contributed by atoms with Crippen LogP contribution in [0.3, 0.4) is 0 Å². The molecule has 0 atom stereocenters. The van der Waals surface area contributed by atoms with Gasteiger partial charge in [-0.05, 0) is 54.9 Å². The standard InChI is InChI=1S/C27H39NO3Si/c1-26(2,3)31-25(29)28(7)22-18-21(19-22)20-30-32(27(4,5)6,23-14-10-8-11-15-23)24-16-12-9-13-17-24/h8-17,21-22H,18-20H2,1-7H3. The molecule has 1 saturated carbocycles. The highest BCUT2D eigenvalue weighted by molar-refractivity contribution is 6.99. The first-order valence-electron chi connectivity index (χ1n) is 11.6. The predicted molar refractivity (Wildman–Crippen MR) is 134 cm³/mol. The number of hydrogen-bond acceptors (Lipinski definition) is 3. The lowest BCUT2D eigenvalue weighted by Crippen LogP contribution is -2.67. The first-order valence-corrected chi connectivity index (χ1v) is 13.6. The third kappa shape index (κ3) is 5.26. The maximum Gasteiger partial charge on any atom is 0.410 e. The van der Waals surface area contributed by atoms with Gasteiger partial charge in [0.1, 0.15) is 5.60 Å². The van der Waals surface area contributed by atoms with Crippen molar-refractivity contribution < 1.29 is 14.0 Å². The van der Waals surface area contributed by atoms with Gasteiger partial charge in [-0.25, -0.2) is 4.79 Å². The SMILES string of the molecule is CN(C(=O)OC(C)(C)C)C1CC(CO[Si](c2ccccc2)(c2ccccc2)C(C)(C)C)C1. The first-order chi connectivity index (χ1) is 14.9. The van der Waals surface area contributed by atoms with Gasteiger partial charge in [-0.2, -0.15) is 0 Å². The van der Waals surface area contributed by atoms with E-state index in [4.69, 9.17) is 9.16 Å². The number of rotatable bonds is 6. The van der Waals surface area contributed by atoms with Crippen LogP contribution in [0.5, 0.6) is 0 Å². The molecule has 0 saturated heterocycles. The van der Waals surface area contributed by atoms with Gasteiger partial charge < -0.3 is 14.1 Å². The maximum absolute atomic E-state index is 12.4. The number of benzene rings is 2. The minimum absolute atomic E-state index is 0.0217. The third-order valence-electron chi connectivity index (χ3n) is 6.39. The average Bonchev–Trinajstić information content (AvgIpc) is 2.68. The van der Waals surface area contributed by atoms with Crippen molar-refractivity contribution in [1.29, 1.82) is 0 Å². The molecule has 0 bridgehead atoms. The van der Waals surface area contributed by atoms with E-state index in [0.717, 1.165) is 12.8 Å². The molecule has 2 aromatic rings. The Kier molecular flexibility index (Phi) is 7.20. The molecule has 4 nitrogen and oxygen atoms in total. The van der Waals surface area contributed by atoms with Crippen LogP contribution in [0, 0.1) is 5.92 Å². The monoisotopic (exact) mass is 453 g/mol. The van der Waals surface area contributed by atoms with Gasteiger partial charge in [-0.15, -0.1) is 0 Å². The van der Waals surface area contributed by atoms with E-state index in [0.29, 0.717) is 12.5 Å². The topological polar surface area (TPSA) is 38.8 Å². The van der Waals surface area contributed by atoms with Gasteiger partial charge >= 0.3 is 6.09 Å². The molecule has 0 N–H and O–H groups in total. The van der Waals surface area contributed by atoms with Crippen LogP contribution in [0.1, 0.15) is 54.4 Å². The lowest BCUT2D eigenvalue weighted by molar-refractivity contribution is 0.00126. The number of amides is 1. The summed E-state index contributed by atoms with van der Waals surface area (Å²) in [6.07, 6.45) is 1.66. The Morgan fingerprint density at radius 1 is 0.906 bits per heavy atom. The van der Waals surface area contributed by atoms with Crippen molar-refractivity contribution in [1.82, 2.24) is 4.90 Å². The summed E-state index contributed by atoms with van der Waals surface area (Å²) < 4.78 is 12.6. The van der Waals surface area contributed by atoms with Crippen LogP contribution in [0.4, 0.5) is 4.79 Å². The molecule has 0 unspecified atom stereocenters. The molecule has 2 aromatic carbocycles. The zero-order chi connectivity index (χ0) is 23.6. The first kappa shape index (κ1) is 24.5. The highest BCUT2D eigenvalue weighted by Gasteiger charge is 2.51. The van der Waals surface area contributed by atoms with E-state index in [1.807, 2.05) is 27.8 Å². The predicted octanol–water partition coefficient (Wildman–Crippen LogP) is 5.21. The van der Waals surface area contributed by atoms with Gasteiger partial charge in [0.25, 0.3) is 8.32 Å². The van der Waals surface area contributed by atoms with Crippen molar-refractivity contribution in [2.75, 3.05) is 13.7 Å². The second-order valence-corrected chi connectivity index (χ2v) is 15.4. The molecule has 0 aliphatic heterocycles. The average molecular weight is 454 g/mol. The molecule has 0 aromatic heterocycles. The van der Waals surface area contributed by atoms with Gasteiger partial charge in [0.2, 0.25) is 0 Å². The molecule has 1 aliphatic carbocycles. The van der Waals surface area contributed by atoms with E-state index >= 15 is 0 Å². The molecule has 5 heteroatoms. The molecule has 1 fully saturated rings. The van der Waals surface area contributed by atoms with Crippen LogP contribution in [-0.2, 0) is 9.16 Å². The fourth-order valence-electron chi connectivity index (χ4n) is 4.64. The molecule has 32 heavy (non-hydrogen) atoms. The molecule has 0 heterocycles. The minimum Gasteiger partial charge on any atom is -0.444 e. The van der Waals surface area contributed by atoms with Crippen LogP contribution < -0.4 is 10.4 Å². The zero-order valence-electron chi connectivity index (χ0n) is 20.7. The number of nitrogens with zero attached hydrogens (tertiary/aromatic N) is 1. The Hall–Kier alpha value is -2.11. The van der Waals surface area contributed by atoms with Gasteiger partial charge in [-0.3, -0.25) is 0 Å². The number of carbonyl (C=O) groups excluding carboxylic acids is 1. The fourth-order valence-corrected chi connectivity index (χ4v) is 9.28. The van der Waals surface area contributed by atoms with E-state index in [1.54, 1.807) is 4.90 Å². The molecular weight excluding hydrogens is 414 g/mol. The zero-order valence-corrected chi connectivity index (χ0v) is 21.7. The summed E-state index contributed by atoms with van der Waals surface area (Å²) in [6, 6.07) is 21.7. The normalized spacial score (nSPS) is 19.2. The van der Waals surface area contributed by atoms with Crippen LogP contribution >= 0.6 is 0 Å². The highest BCUT2D eigenvalue weighted by Crippen LogP contribution is 2.39. The molecule has 1 aliphatic rings. The number of carbonyl (C=O) groups is 1. The van der Waals surface area contributed by atoms with Crippen LogP contribution in [0.25, 0.3) is 0 Å². The summed E-state index contributed by atoms with van der Waals surface area (Å²) in [5.41, 5.74) is -0.471. The maximum atomic E-state index is 12.4. The van der Waals surface area contributed by atoms with E-state index in [2.05, 4.69) is 81.4 Å².